The SMILES string of the molecule is COc1cc(/C=C/C(=O)NC2CCC(C)CC2)ccc1OCCCCCN(C)C.Cl.[H-].[Na+]. The van der Waals surface area contributed by atoms with Crippen LogP contribution in [0.5, 0.6) is 11.5 Å². The number of carbonyl (C=O) groups excluding carboxylic acids is 1. The summed E-state index contributed by atoms with van der Waals surface area (Å²) in [5, 5.41) is 3.12. The molecule has 0 heterocycles. The van der Waals surface area contributed by atoms with Gasteiger partial charge in [-0.15, -0.1) is 12.4 Å². The predicted molar refractivity (Wildman–Crippen MR) is 128 cm³/mol. The number of benzene rings is 1. The average molecular weight is 463 g/mol. The maximum atomic E-state index is 12.2. The van der Waals surface area contributed by atoms with Gasteiger partial charge >= 0.3 is 29.6 Å². The van der Waals surface area contributed by atoms with Crippen molar-refractivity contribution < 1.29 is 45.3 Å². The Labute approximate surface area is 218 Å². The largest absolute Gasteiger partial charge is 1.00 e. The first-order valence-corrected chi connectivity index (χ1v) is 10.9. The second kappa shape index (κ2) is 16.8. The molecule has 7 heteroatoms. The fourth-order valence-corrected chi connectivity index (χ4v) is 3.62. The summed E-state index contributed by atoms with van der Waals surface area (Å²) < 4.78 is 11.4. The van der Waals surface area contributed by atoms with Crippen molar-refractivity contribution >= 4 is 24.4 Å². The molecule has 31 heavy (non-hydrogen) atoms. The van der Waals surface area contributed by atoms with Crippen LogP contribution in [-0.2, 0) is 4.79 Å². The smallest absolute Gasteiger partial charge is 1.00 e. The third-order valence-electron chi connectivity index (χ3n) is 5.48. The second-order valence-corrected chi connectivity index (χ2v) is 8.42. The van der Waals surface area contributed by atoms with Gasteiger partial charge in [0.2, 0.25) is 5.91 Å². The minimum absolute atomic E-state index is 0. The Bertz CT molecular complexity index is 669. The molecule has 1 fully saturated rings. The maximum Gasteiger partial charge on any atom is 1.00 e. The van der Waals surface area contributed by atoms with E-state index in [-0.39, 0.29) is 49.3 Å². The van der Waals surface area contributed by atoms with Crippen LogP contribution in [0.4, 0.5) is 0 Å². The maximum absolute atomic E-state index is 12.2. The Morgan fingerprint density at radius 3 is 2.52 bits per heavy atom. The van der Waals surface area contributed by atoms with E-state index in [1.165, 1.54) is 19.3 Å². The van der Waals surface area contributed by atoms with Gasteiger partial charge in [-0.05, 0) is 95.3 Å². The van der Waals surface area contributed by atoms with Gasteiger partial charge in [0.15, 0.2) is 11.5 Å². The van der Waals surface area contributed by atoms with Crippen LogP contribution in [0.3, 0.4) is 0 Å². The summed E-state index contributed by atoms with van der Waals surface area (Å²) in [6, 6.07) is 6.09. The van der Waals surface area contributed by atoms with E-state index in [4.69, 9.17) is 9.47 Å². The van der Waals surface area contributed by atoms with Crippen molar-refractivity contribution in [3.05, 3.63) is 29.8 Å². The molecule has 0 spiro atoms. The van der Waals surface area contributed by atoms with E-state index in [0.717, 1.165) is 49.5 Å². The van der Waals surface area contributed by atoms with E-state index in [1.54, 1.807) is 13.2 Å². The molecule has 0 atom stereocenters. The van der Waals surface area contributed by atoms with Crippen LogP contribution in [-0.4, -0.2) is 51.2 Å². The fourth-order valence-electron chi connectivity index (χ4n) is 3.62. The Morgan fingerprint density at radius 2 is 1.87 bits per heavy atom. The van der Waals surface area contributed by atoms with Gasteiger partial charge in [0.05, 0.1) is 13.7 Å². The van der Waals surface area contributed by atoms with Gasteiger partial charge < -0.3 is 21.1 Å². The Hall–Kier alpha value is -0.720. The molecule has 0 aliphatic heterocycles. The van der Waals surface area contributed by atoms with Crippen LogP contribution in [0.15, 0.2) is 24.3 Å². The Morgan fingerprint density at radius 1 is 1.16 bits per heavy atom. The first kappa shape index (κ1) is 30.3. The van der Waals surface area contributed by atoms with Crippen molar-refractivity contribution in [3.8, 4) is 11.5 Å². The molecular weight excluding hydrogens is 423 g/mol. The second-order valence-electron chi connectivity index (χ2n) is 8.42. The minimum atomic E-state index is -0.0263. The van der Waals surface area contributed by atoms with Gasteiger partial charge in [-0.1, -0.05) is 13.0 Å². The molecule has 1 aliphatic carbocycles. The van der Waals surface area contributed by atoms with Gasteiger partial charge in [0, 0.05) is 12.1 Å². The van der Waals surface area contributed by atoms with Crippen LogP contribution < -0.4 is 44.3 Å². The number of carbonyl (C=O) groups is 1. The van der Waals surface area contributed by atoms with Crippen molar-refractivity contribution in [1.82, 2.24) is 10.2 Å². The number of hydrogen-bond donors (Lipinski definition) is 1. The number of hydrogen-bond acceptors (Lipinski definition) is 4. The summed E-state index contributed by atoms with van der Waals surface area (Å²) in [6.07, 6.45) is 11.3. The summed E-state index contributed by atoms with van der Waals surface area (Å²) >= 11 is 0. The third-order valence-corrected chi connectivity index (χ3v) is 5.48. The number of nitrogens with one attached hydrogen (secondary N) is 1. The van der Waals surface area contributed by atoms with E-state index >= 15 is 0 Å². The number of rotatable bonds is 11. The van der Waals surface area contributed by atoms with E-state index < -0.39 is 0 Å². The average Bonchev–Trinajstić information content (AvgIpc) is 2.71. The molecule has 172 valence electrons. The molecule has 1 aromatic carbocycles. The number of ether oxygens (including phenoxy) is 2. The molecule has 0 aromatic heterocycles. The normalized spacial score (nSPS) is 18.2. The van der Waals surface area contributed by atoms with Crippen molar-refractivity contribution in [2.75, 3.05) is 34.4 Å². The van der Waals surface area contributed by atoms with Gasteiger partial charge in [-0.25, -0.2) is 0 Å². The van der Waals surface area contributed by atoms with Gasteiger partial charge in [-0.3, -0.25) is 4.79 Å². The molecule has 1 aliphatic rings. The molecule has 1 N–H and O–H groups in total. The molecule has 0 unspecified atom stereocenters. The summed E-state index contributed by atoms with van der Waals surface area (Å²) in [4.78, 5) is 14.4. The third kappa shape index (κ3) is 12.2. The van der Waals surface area contributed by atoms with Crippen molar-refractivity contribution in [3.63, 3.8) is 0 Å². The Balaban J connectivity index is 0. The number of nitrogens with zero attached hydrogens (tertiary/aromatic N) is 1. The van der Waals surface area contributed by atoms with Gasteiger partial charge in [-0.2, -0.15) is 0 Å². The summed E-state index contributed by atoms with van der Waals surface area (Å²) in [5.41, 5.74) is 0.924. The first-order chi connectivity index (χ1) is 14.0. The molecule has 5 nitrogen and oxygen atoms in total. The van der Waals surface area contributed by atoms with Crippen LogP contribution in [0.1, 0.15) is 58.9 Å². The molecule has 2 rings (SSSR count). The molecular formula is C24H40ClN2NaO3. The van der Waals surface area contributed by atoms with E-state index in [2.05, 4.69) is 31.2 Å². The van der Waals surface area contributed by atoms with Gasteiger partial charge in [0.25, 0.3) is 0 Å². The molecule has 0 bridgehead atoms. The standard InChI is InChI=1S/C24H38N2O3.ClH.Na.H/c1-19-8-12-21(13-9-19)25-24(27)15-11-20-10-14-22(23(18-20)28-4)29-17-7-5-6-16-26(2)3;;;/h10-11,14-15,18-19,21H,5-9,12-13,16-17H2,1-4H3,(H,25,27);1H;;/q;;+1;-1/b15-11+;;;. The van der Waals surface area contributed by atoms with E-state index in [9.17, 15) is 4.79 Å². The van der Waals surface area contributed by atoms with E-state index in [0.29, 0.717) is 18.4 Å². The number of halogens is 1. The van der Waals surface area contributed by atoms with Gasteiger partial charge in [0.1, 0.15) is 0 Å². The molecule has 0 saturated heterocycles. The monoisotopic (exact) mass is 462 g/mol. The number of amides is 1. The van der Waals surface area contributed by atoms with Crippen LogP contribution in [0.2, 0.25) is 0 Å². The van der Waals surface area contributed by atoms with Crippen LogP contribution in [0.25, 0.3) is 6.08 Å². The molecule has 1 saturated carbocycles. The van der Waals surface area contributed by atoms with Crippen LogP contribution in [0, 0.1) is 5.92 Å². The zero-order chi connectivity index (χ0) is 21.1. The van der Waals surface area contributed by atoms with Crippen molar-refractivity contribution in [2.24, 2.45) is 5.92 Å². The Kier molecular flexibility index (Phi) is 16.5. The predicted octanol–water partition coefficient (Wildman–Crippen LogP) is 2.05. The topological polar surface area (TPSA) is 50.8 Å². The number of unbranched alkanes of at least 4 members (excludes halogenated alkanes) is 2. The summed E-state index contributed by atoms with van der Waals surface area (Å²) in [7, 11) is 5.83. The molecule has 0 radical (unpaired) electrons. The minimum Gasteiger partial charge on any atom is -1.00 e. The number of methoxy groups -OCH3 is 1. The van der Waals surface area contributed by atoms with Crippen LogP contribution >= 0.6 is 12.4 Å². The molecule has 1 aromatic rings. The zero-order valence-corrected chi connectivity index (χ0v) is 22.8. The summed E-state index contributed by atoms with van der Waals surface area (Å²) in [5.74, 6) is 2.20. The fraction of sp³-hybridized carbons (Fsp3) is 0.625. The molecule has 1 amide bonds. The zero-order valence-electron chi connectivity index (χ0n) is 21.0. The van der Waals surface area contributed by atoms with Crippen molar-refractivity contribution in [2.45, 2.75) is 57.9 Å². The first-order valence-electron chi connectivity index (χ1n) is 10.9. The van der Waals surface area contributed by atoms with E-state index in [1.807, 2.05) is 24.3 Å². The van der Waals surface area contributed by atoms with Crippen molar-refractivity contribution in [1.29, 1.82) is 0 Å². The quantitative estimate of drug-likeness (QED) is 0.311. The summed E-state index contributed by atoms with van der Waals surface area (Å²) in [6.45, 7) is 4.07.